The van der Waals surface area contributed by atoms with Crippen LogP contribution in [0.15, 0.2) is 36.4 Å². The summed E-state index contributed by atoms with van der Waals surface area (Å²) in [4.78, 5) is 14.0. The van der Waals surface area contributed by atoms with Crippen molar-refractivity contribution in [1.29, 1.82) is 0 Å². The summed E-state index contributed by atoms with van der Waals surface area (Å²) in [6.45, 7) is 1.24. The van der Waals surface area contributed by atoms with Crippen LogP contribution in [0.4, 0.5) is 13.2 Å². The second-order valence-corrected chi connectivity index (χ2v) is 9.27. The molecule has 0 aliphatic heterocycles. The molecule has 164 valence electrons. The van der Waals surface area contributed by atoms with Crippen molar-refractivity contribution in [2.24, 2.45) is 5.92 Å². The molecule has 0 saturated heterocycles. The summed E-state index contributed by atoms with van der Waals surface area (Å²) in [6.07, 6.45) is 1.17. The Bertz CT molecular complexity index is 1250. The van der Waals surface area contributed by atoms with Gasteiger partial charge in [-0.2, -0.15) is 13.1 Å². The summed E-state index contributed by atoms with van der Waals surface area (Å²) >= 11 is 0. The highest BCUT2D eigenvalue weighted by Crippen LogP contribution is 2.48. The van der Waals surface area contributed by atoms with Gasteiger partial charge in [-0.25, -0.2) is 17.9 Å². The van der Waals surface area contributed by atoms with Gasteiger partial charge in [0.2, 0.25) is 5.91 Å². The zero-order valence-electron chi connectivity index (χ0n) is 16.5. The summed E-state index contributed by atoms with van der Waals surface area (Å²) in [5.41, 5.74) is 2.12. The molecule has 1 aliphatic carbocycles. The van der Waals surface area contributed by atoms with E-state index in [1.54, 1.807) is 12.1 Å². The fraction of sp³-hybridized carbons (Fsp3) is 0.286. The molecule has 1 aromatic heterocycles. The first-order valence-electron chi connectivity index (χ1n) is 9.67. The van der Waals surface area contributed by atoms with Gasteiger partial charge in [-0.15, -0.1) is 0 Å². The fourth-order valence-electron chi connectivity index (χ4n) is 4.10. The van der Waals surface area contributed by atoms with Crippen LogP contribution in [0.2, 0.25) is 0 Å². The van der Waals surface area contributed by atoms with E-state index in [2.05, 4.69) is 9.71 Å². The molecule has 0 unspecified atom stereocenters. The Labute approximate surface area is 177 Å². The Kier molecular flexibility index (Phi) is 5.52. The second kappa shape index (κ2) is 8.01. The third-order valence-electron chi connectivity index (χ3n) is 5.48. The van der Waals surface area contributed by atoms with Gasteiger partial charge in [0, 0.05) is 24.9 Å². The van der Waals surface area contributed by atoms with Crippen molar-refractivity contribution < 1.29 is 26.4 Å². The van der Waals surface area contributed by atoms with Crippen LogP contribution in [0.5, 0.6) is 0 Å². The predicted molar refractivity (Wildman–Crippen MR) is 110 cm³/mol. The summed E-state index contributed by atoms with van der Waals surface area (Å²) in [5, 5.41) is 0.416. The molecule has 0 bridgehead atoms. The van der Waals surface area contributed by atoms with Gasteiger partial charge >= 0.3 is 10.2 Å². The summed E-state index contributed by atoms with van der Waals surface area (Å²) < 4.78 is 69.4. The Balaban J connectivity index is 1.61. The zero-order chi connectivity index (χ0) is 22.3. The van der Waals surface area contributed by atoms with Gasteiger partial charge in [0.05, 0.1) is 11.2 Å². The van der Waals surface area contributed by atoms with Crippen molar-refractivity contribution in [3.8, 4) is 11.3 Å². The highest BCUT2D eigenvalue weighted by Gasteiger charge is 2.35. The molecule has 31 heavy (non-hydrogen) atoms. The normalized spacial score (nSPS) is 18.7. The van der Waals surface area contributed by atoms with E-state index in [0.29, 0.717) is 29.5 Å². The van der Waals surface area contributed by atoms with E-state index in [1.165, 1.54) is 18.2 Å². The molecule has 0 atom stereocenters. The highest BCUT2D eigenvalue weighted by atomic mass is 32.2. The molecule has 3 N–H and O–H groups in total. The Hall–Kier alpha value is -2.85. The number of H-pyrrole nitrogens is 1. The van der Waals surface area contributed by atoms with Crippen molar-refractivity contribution in [3.05, 3.63) is 59.4 Å². The molecule has 6 nitrogen and oxygen atoms in total. The van der Waals surface area contributed by atoms with E-state index in [4.69, 9.17) is 0 Å². The minimum absolute atomic E-state index is 0.00189. The SMILES string of the molecule is CC(=O)NS(=O)(=O)NCC1CC(c2c(-c3ccc(F)cc3)[nH]c3c(F)cc(F)cc23)C1. The van der Waals surface area contributed by atoms with Crippen LogP contribution >= 0.6 is 0 Å². The lowest BCUT2D eigenvalue weighted by Crippen LogP contribution is -2.43. The molecule has 1 fully saturated rings. The van der Waals surface area contributed by atoms with Crippen LogP contribution in [0.3, 0.4) is 0 Å². The number of carbonyl (C=O) groups excluding carboxylic acids is 1. The number of fused-ring (bicyclic) bond motifs is 1. The van der Waals surface area contributed by atoms with Crippen LogP contribution in [0.25, 0.3) is 22.2 Å². The molecule has 1 saturated carbocycles. The first-order valence-corrected chi connectivity index (χ1v) is 11.2. The van der Waals surface area contributed by atoms with Gasteiger partial charge in [0.15, 0.2) is 0 Å². The molecule has 10 heteroatoms. The highest BCUT2D eigenvalue weighted by molar-refractivity contribution is 7.88. The van der Waals surface area contributed by atoms with Crippen LogP contribution in [0.1, 0.15) is 31.2 Å². The summed E-state index contributed by atoms with van der Waals surface area (Å²) in [6, 6.07) is 7.79. The van der Waals surface area contributed by atoms with Crippen molar-refractivity contribution in [3.63, 3.8) is 0 Å². The maximum atomic E-state index is 14.4. The van der Waals surface area contributed by atoms with E-state index in [-0.39, 0.29) is 23.9 Å². The summed E-state index contributed by atoms with van der Waals surface area (Å²) in [7, 11) is -3.91. The number of hydrogen-bond donors (Lipinski definition) is 3. The number of hydrogen-bond acceptors (Lipinski definition) is 3. The zero-order valence-corrected chi connectivity index (χ0v) is 17.3. The third kappa shape index (κ3) is 4.45. The summed E-state index contributed by atoms with van der Waals surface area (Å²) in [5.74, 6) is -2.58. The Morgan fingerprint density at radius 1 is 1.10 bits per heavy atom. The van der Waals surface area contributed by atoms with Crippen molar-refractivity contribution in [1.82, 2.24) is 14.4 Å². The molecular formula is C21H20F3N3O3S. The number of nitrogens with one attached hydrogen (secondary N) is 3. The maximum Gasteiger partial charge on any atom is 0.301 e. The average molecular weight is 451 g/mol. The Morgan fingerprint density at radius 2 is 1.77 bits per heavy atom. The first-order chi connectivity index (χ1) is 14.6. The van der Waals surface area contributed by atoms with E-state index >= 15 is 0 Å². The van der Waals surface area contributed by atoms with Crippen molar-refractivity contribution >= 4 is 27.0 Å². The molecular weight excluding hydrogens is 431 g/mol. The van der Waals surface area contributed by atoms with Crippen LogP contribution in [0, 0.1) is 23.4 Å². The van der Waals surface area contributed by atoms with E-state index in [0.717, 1.165) is 18.6 Å². The van der Waals surface area contributed by atoms with Gasteiger partial charge in [0.25, 0.3) is 0 Å². The van der Waals surface area contributed by atoms with E-state index in [9.17, 15) is 26.4 Å². The third-order valence-corrected chi connectivity index (χ3v) is 6.58. The number of rotatable bonds is 6. The topological polar surface area (TPSA) is 91.1 Å². The number of aromatic amines is 1. The van der Waals surface area contributed by atoms with Gasteiger partial charge in [0.1, 0.15) is 17.5 Å². The smallest absolute Gasteiger partial charge is 0.301 e. The average Bonchev–Trinajstić information content (AvgIpc) is 2.99. The van der Waals surface area contributed by atoms with Crippen LogP contribution < -0.4 is 9.44 Å². The molecule has 0 radical (unpaired) electrons. The molecule has 2 aromatic carbocycles. The minimum atomic E-state index is -3.91. The number of aromatic nitrogens is 1. The second-order valence-electron chi connectivity index (χ2n) is 7.78. The molecule has 1 amide bonds. The van der Waals surface area contributed by atoms with E-state index < -0.39 is 33.6 Å². The Morgan fingerprint density at radius 3 is 2.42 bits per heavy atom. The molecule has 4 rings (SSSR count). The van der Waals surface area contributed by atoms with Gasteiger partial charge in [-0.3, -0.25) is 4.79 Å². The quantitative estimate of drug-likeness (QED) is 0.534. The lowest BCUT2D eigenvalue weighted by molar-refractivity contribution is -0.117. The molecule has 1 heterocycles. The van der Waals surface area contributed by atoms with Crippen molar-refractivity contribution in [2.75, 3.05) is 6.54 Å². The predicted octanol–water partition coefficient (Wildman–Crippen LogP) is 3.72. The fourth-order valence-corrected chi connectivity index (χ4v) is 5.00. The number of benzene rings is 2. The number of amides is 1. The molecule has 1 aliphatic rings. The van der Waals surface area contributed by atoms with Crippen LogP contribution in [-0.2, 0) is 15.0 Å². The van der Waals surface area contributed by atoms with Gasteiger partial charge in [-0.1, -0.05) is 0 Å². The lowest BCUT2D eigenvalue weighted by Gasteiger charge is -2.36. The van der Waals surface area contributed by atoms with Gasteiger partial charge < -0.3 is 4.98 Å². The number of halogens is 3. The standard InChI is InChI=1S/C21H20F3N3O3S/c1-11(28)27-31(29,30)25-10-12-6-14(7-12)19-17-8-16(23)9-18(24)21(17)26-20(19)13-2-4-15(22)5-3-13/h2-5,8-9,12,14,25-26H,6-7,10H2,1H3,(H,27,28). The first kappa shape index (κ1) is 21.4. The van der Waals surface area contributed by atoms with Crippen LogP contribution in [-0.4, -0.2) is 25.9 Å². The monoisotopic (exact) mass is 451 g/mol. The number of carbonyl (C=O) groups is 1. The lowest BCUT2D eigenvalue weighted by atomic mass is 9.70. The minimum Gasteiger partial charge on any atom is -0.352 e. The molecule has 3 aromatic rings. The van der Waals surface area contributed by atoms with Gasteiger partial charge in [-0.05, 0) is 66.1 Å². The largest absolute Gasteiger partial charge is 0.352 e. The van der Waals surface area contributed by atoms with E-state index in [1.807, 2.05) is 4.72 Å². The molecule has 0 spiro atoms. The van der Waals surface area contributed by atoms with Crippen molar-refractivity contribution in [2.45, 2.75) is 25.7 Å². The maximum absolute atomic E-state index is 14.4.